The Morgan fingerprint density at radius 3 is 3.00 bits per heavy atom. The van der Waals surface area contributed by atoms with Crippen molar-refractivity contribution in [1.29, 1.82) is 0 Å². The number of aliphatic hydroxyl groups is 2. The molecule has 0 aromatic rings. The molecule has 0 bridgehead atoms. The summed E-state index contributed by atoms with van der Waals surface area (Å²) in [5, 5.41) is 26.8. The lowest BCUT2D eigenvalue weighted by molar-refractivity contribution is -0.153. The average molecular weight is 286 g/mol. The molecule has 0 aliphatic carbocycles. The SMILES string of the molecule is [C-]#[N+]CNC[C@H]1O[C@@H]2SC(=NCC)N[C@@H]2[C@@H](O)[C@@H]1O. The summed E-state index contributed by atoms with van der Waals surface area (Å²) in [6.45, 7) is 9.78. The first-order valence-corrected chi connectivity index (χ1v) is 7.08. The van der Waals surface area contributed by atoms with Gasteiger partial charge in [0.15, 0.2) is 5.17 Å². The molecule has 0 aromatic carbocycles. The van der Waals surface area contributed by atoms with Gasteiger partial charge in [0.25, 0.3) is 6.67 Å². The molecule has 0 amide bonds. The fourth-order valence-electron chi connectivity index (χ4n) is 2.13. The van der Waals surface area contributed by atoms with E-state index in [1.165, 1.54) is 11.8 Å². The van der Waals surface area contributed by atoms with Crippen LogP contribution in [0.3, 0.4) is 0 Å². The molecule has 4 N–H and O–H groups in total. The third-order valence-corrected chi connectivity index (χ3v) is 4.16. The molecule has 2 aliphatic rings. The summed E-state index contributed by atoms with van der Waals surface area (Å²) < 4.78 is 5.76. The van der Waals surface area contributed by atoms with Crippen LogP contribution >= 0.6 is 11.8 Å². The van der Waals surface area contributed by atoms with Crippen molar-refractivity contribution >= 4 is 16.9 Å². The van der Waals surface area contributed by atoms with Crippen LogP contribution in [0.4, 0.5) is 0 Å². The van der Waals surface area contributed by atoms with Crippen LogP contribution in [0.25, 0.3) is 4.85 Å². The van der Waals surface area contributed by atoms with Crippen LogP contribution in [0, 0.1) is 6.57 Å². The Morgan fingerprint density at radius 2 is 2.32 bits per heavy atom. The second-order valence-electron chi connectivity index (χ2n) is 4.36. The molecule has 2 saturated heterocycles. The second kappa shape index (κ2) is 6.54. The molecule has 106 valence electrons. The molecule has 2 fully saturated rings. The number of nitrogens with one attached hydrogen (secondary N) is 2. The van der Waals surface area contributed by atoms with Crippen molar-refractivity contribution < 1.29 is 14.9 Å². The number of amidine groups is 1. The van der Waals surface area contributed by atoms with E-state index in [9.17, 15) is 10.2 Å². The molecule has 2 aliphatic heterocycles. The normalized spacial score (nSPS) is 39.7. The van der Waals surface area contributed by atoms with E-state index in [1.807, 2.05) is 6.92 Å². The predicted octanol–water partition coefficient (Wildman–Crippen LogP) is -1.02. The summed E-state index contributed by atoms with van der Waals surface area (Å²) in [5.74, 6) is 0. The number of hydrogen-bond donors (Lipinski definition) is 4. The van der Waals surface area contributed by atoms with Gasteiger partial charge in [0.2, 0.25) is 0 Å². The number of aliphatic hydroxyl groups excluding tert-OH is 2. The zero-order valence-electron chi connectivity index (χ0n) is 10.6. The largest absolute Gasteiger partial charge is 0.388 e. The van der Waals surface area contributed by atoms with E-state index in [4.69, 9.17) is 11.3 Å². The average Bonchev–Trinajstić information content (AvgIpc) is 2.79. The molecule has 0 saturated carbocycles. The van der Waals surface area contributed by atoms with Crippen LogP contribution < -0.4 is 10.6 Å². The van der Waals surface area contributed by atoms with Gasteiger partial charge in [0, 0.05) is 13.1 Å². The third-order valence-electron chi connectivity index (χ3n) is 3.06. The van der Waals surface area contributed by atoms with Crippen LogP contribution in [-0.2, 0) is 4.74 Å². The van der Waals surface area contributed by atoms with Gasteiger partial charge in [-0.05, 0) is 6.92 Å². The molecule has 0 aromatic heterocycles. The van der Waals surface area contributed by atoms with E-state index in [1.54, 1.807) is 0 Å². The van der Waals surface area contributed by atoms with Crippen LogP contribution in [-0.4, -0.2) is 64.9 Å². The van der Waals surface area contributed by atoms with Crippen molar-refractivity contribution in [3.8, 4) is 0 Å². The van der Waals surface area contributed by atoms with Crippen molar-refractivity contribution in [3.63, 3.8) is 0 Å². The maximum atomic E-state index is 10.1. The molecule has 2 rings (SSSR count). The van der Waals surface area contributed by atoms with Gasteiger partial charge >= 0.3 is 0 Å². The highest BCUT2D eigenvalue weighted by molar-refractivity contribution is 8.14. The van der Waals surface area contributed by atoms with E-state index in [2.05, 4.69) is 20.5 Å². The van der Waals surface area contributed by atoms with E-state index in [0.717, 1.165) is 5.17 Å². The van der Waals surface area contributed by atoms with E-state index in [0.29, 0.717) is 13.1 Å². The van der Waals surface area contributed by atoms with Crippen LogP contribution in [0.2, 0.25) is 0 Å². The minimum absolute atomic E-state index is 0.171. The van der Waals surface area contributed by atoms with Crippen LogP contribution in [0.1, 0.15) is 6.92 Å². The van der Waals surface area contributed by atoms with Gasteiger partial charge in [-0.2, -0.15) is 0 Å². The van der Waals surface area contributed by atoms with Crippen molar-refractivity contribution in [2.24, 2.45) is 4.99 Å². The highest BCUT2D eigenvalue weighted by atomic mass is 32.2. The summed E-state index contributed by atoms with van der Waals surface area (Å²) in [4.78, 5) is 7.42. The van der Waals surface area contributed by atoms with Crippen LogP contribution in [0.5, 0.6) is 0 Å². The number of hydrogen-bond acceptors (Lipinski definition) is 6. The van der Waals surface area contributed by atoms with E-state index >= 15 is 0 Å². The van der Waals surface area contributed by atoms with Gasteiger partial charge in [0.1, 0.15) is 23.7 Å². The molecular weight excluding hydrogens is 268 g/mol. The smallest absolute Gasteiger partial charge is 0.268 e. The van der Waals surface area contributed by atoms with E-state index < -0.39 is 18.3 Å². The lowest BCUT2D eigenvalue weighted by Gasteiger charge is -2.38. The van der Waals surface area contributed by atoms with E-state index in [-0.39, 0.29) is 18.1 Å². The van der Waals surface area contributed by atoms with Gasteiger partial charge in [-0.25, -0.2) is 11.9 Å². The van der Waals surface area contributed by atoms with Gasteiger partial charge in [-0.15, -0.1) is 0 Å². The Bertz CT molecular complexity index is 387. The lowest BCUT2D eigenvalue weighted by Crippen LogP contribution is -2.60. The Balaban J connectivity index is 1.98. The zero-order valence-corrected chi connectivity index (χ0v) is 11.4. The summed E-state index contributed by atoms with van der Waals surface area (Å²) in [6.07, 6.45) is -2.41. The van der Waals surface area contributed by atoms with Gasteiger partial charge in [0.05, 0.1) is 6.04 Å². The summed E-state index contributed by atoms with van der Waals surface area (Å²) in [6, 6.07) is -0.345. The van der Waals surface area contributed by atoms with Crippen LogP contribution in [0.15, 0.2) is 4.99 Å². The Kier molecular flexibility index (Phi) is 5.01. The minimum atomic E-state index is -0.978. The first-order chi connectivity index (χ1) is 9.17. The summed E-state index contributed by atoms with van der Waals surface area (Å²) in [7, 11) is 0. The Labute approximate surface area is 116 Å². The Hall–Kier alpha value is -0.850. The number of thioether (sulfide) groups is 1. The van der Waals surface area contributed by atoms with Crippen molar-refractivity contribution in [1.82, 2.24) is 10.6 Å². The molecule has 0 spiro atoms. The lowest BCUT2D eigenvalue weighted by atomic mass is 9.98. The summed E-state index contributed by atoms with van der Waals surface area (Å²) in [5.41, 5.74) is -0.261. The standard InChI is InChI=1S/C11H18N4O3S/c1-3-14-11-15-7-9(17)8(16)6(4-13-5-12-2)18-10(7)19-11/h6-10,13,16-17H,3-5H2,1H3,(H,14,15)/t6-,7-,8-,9-,10-/m1/s1. The fraction of sp³-hybridized carbons (Fsp3) is 0.818. The molecule has 0 unspecified atom stereocenters. The number of aliphatic imine (C=N–C) groups is 1. The number of nitrogens with zero attached hydrogens (tertiary/aromatic N) is 2. The highest BCUT2D eigenvalue weighted by Gasteiger charge is 2.48. The Morgan fingerprint density at radius 1 is 1.53 bits per heavy atom. The number of rotatable bonds is 4. The fourth-order valence-corrected chi connectivity index (χ4v) is 3.33. The quantitative estimate of drug-likeness (QED) is 0.391. The number of ether oxygens (including phenoxy) is 1. The molecule has 8 heteroatoms. The maximum Gasteiger partial charge on any atom is 0.268 e. The molecular formula is C11H18N4O3S. The van der Waals surface area contributed by atoms with Gasteiger partial charge in [-0.1, -0.05) is 11.8 Å². The van der Waals surface area contributed by atoms with Crippen molar-refractivity contribution in [2.75, 3.05) is 19.8 Å². The van der Waals surface area contributed by atoms with Gasteiger partial charge in [-0.3, -0.25) is 9.84 Å². The first kappa shape index (κ1) is 14.6. The minimum Gasteiger partial charge on any atom is -0.388 e. The maximum absolute atomic E-state index is 10.1. The first-order valence-electron chi connectivity index (χ1n) is 6.20. The molecule has 2 heterocycles. The zero-order chi connectivity index (χ0) is 13.8. The predicted molar refractivity (Wildman–Crippen MR) is 72.6 cm³/mol. The van der Waals surface area contributed by atoms with Gasteiger partial charge < -0.3 is 20.3 Å². The topological polar surface area (TPSA) is 90.5 Å². The molecule has 7 nitrogen and oxygen atoms in total. The van der Waals surface area contributed by atoms with Crippen molar-refractivity contribution in [3.05, 3.63) is 11.4 Å². The molecule has 19 heavy (non-hydrogen) atoms. The monoisotopic (exact) mass is 286 g/mol. The molecule has 0 radical (unpaired) electrons. The second-order valence-corrected chi connectivity index (χ2v) is 5.45. The number of fused-ring (bicyclic) bond motifs is 1. The van der Waals surface area contributed by atoms with Crippen molar-refractivity contribution in [2.45, 2.75) is 36.7 Å². The summed E-state index contributed by atoms with van der Waals surface area (Å²) >= 11 is 1.43. The third kappa shape index (κ3) is 3.19. The highest BCUT2D eigenvalue weighted by Crippen LogP contribution is 2.33. The molecule has 5 atom stereocenters.